The van der Waals surface area contributed by atoms with Crippen molar-refractivity contribution in [3.63, 3.8) is 0 Å². The summed E-state index contributed by atoms with van der Waals surface area (Å²) in [4.78, 5) is 11.5. The SMILES string of the molecule is C\C=C/C=C(\C=C/C)NC(=O)OC(C)(C)C. The number of carbonyl (C=O) groups excluding carboxylic acids is 1. The topological polar surface area (TPSA) is 38.3 Å². The average Bonchev–Trinajstić information content (AvgIpc) is 2.11. The minimum atomic E-state index is -0.480. The lowest BCUT2D eigenvalue weighted by Gasteiger charge is -2.19. The van der Waals surface area contributed by atoms with Gasteiger partial charge in [0.2, 0.25) is 0 Å². The van der Waals surface area contributed by atoms with E-state index in [1.165, 1.54) is 0 Å². The van der Waals surface area contributed by atoms with Crippen molar-refractivity contribution in [1.82, 2.24) is 5.32 Å². The van der Waals surface area contributed by atoms with E-state index >= 15 is 0 Å². The van der Waals surface area contributed by atoms with Gasteiger partial charge >= 0.3 is 6.09 Å². The third-order valence-corrected chi connectivity index (χ3v) is 1.46. The van der Waals surface area contributed by atoms with Crippen molar-refractivity contribution in [3.8, 4) is 0 Å². The highest BCUT2D eigenvalue weighted by Gasteiger charge is 2.15. The molecule has 0 radical (unpaired) electrons. The van der Waals surface area contributed by atoms with Crippen LogP contribution in [0.3, 0.4) is 0 Å². The Morgan fingerprint density at radius 1 is 1.19 bits per heavy atom. The molecule has 0 saturated heterocycles. The van der Waals surface area contributed by atoms with Crippen molar-refractivity contribution in [1.29, 1.82) is 0 Å². The summed E-state index contributed by atoms with van der Waals surface area (Å²) in [6.07, 6.45) is 8.77. The smallest absolute Gasteiger partial charge is 0.412 e. The maximum absolute atomic E-state index is 11.5. The number of hydrogen-bond acceptors (Lipinski definition) is 2. The molecule has 0 spiro atoms. The zero-order chi connectivity index (χ0) is 12.6. The quantitative estimate of drug-likeness (QED) is 0.743. The zero-order valence-corrected chi connectivity index (χ0v) is 10.7. The van der Waals surface area contributed by atoms with E-state index in [4.69, 9.17) is 4.74 Å². The molecule has 0 bridgehead atoms. The summed E-state index contributed by atoms with van der Waals surface area (Å²) in [5, 5.41) is 2.67. The summed E-state index contributed by atoms with van der Waals surface area (Å²) in [5.41, 5.74) is 0.223. The number of carbonyl (C=O) groups is 1. The van der Waals surface area contributed by atoms with Crippen LogP contribution in [0.4, 0.5) is 4.79 Å². The third-order valence-electron chi connectivity index (χ3n) is 1.46. The molecular formula is C13H21NO2. The Morgan fingerprint density at radius 3 is 2.25 bits per heavy atom. The standard InChI is InChI=1S/C13H21NO2/c1-6-8-10-11(9-7-2)14-12(15)16-13(3,4)5/h6-10H,1-5H3,(H,14,15)/b8-6-,9-7-,11-10+. The van der Waals surface area contributed by atoms with Crippen LogP contribution in [0.5, 0.6) is 0 Å². The van der Waals surface area contributed by atoms with Gasteiger partial charge in [0, 0.05) is 5.70 Å². The van der Waals surface area contributed by atoms with Crippen LogP contribution in [-0.4, -0.2) is 11.7 Å². The van der Waals surface area contributed by atoms with Crippen LogP contribution in [0, 0.1) is 0 Å². The number of nitrogens with one attached hydrogen (secondary N) is 1. The highest BCUT2D eigenvalue weighted by Crippen LogP contribution is 2.07. The lowest BCUT2D eigenvalue weighted by molar-refractivity contribution is 0.0548. The highest BCUT2D eigenvalue weighted by atomic mass is 16.6. The average molecular weight is 223 g/mol. The summed E-state index contributed by atoms with van der Waals surface area (Å²) in [5.74, 6) is 0. The van der Waals surface area contributed by atoms with Gasteiger partial charge in [0.15, 0.2) is 0 Å². The Labute approximate surface area is 97.9 Å². The van der Waals surface area contributed by atoms with E-state index in [9.17, 15) is 4.79 Å². The van der Waals surface area contributed by atoms with Crippen LogP contribution in [0.2, 0.25) is 0 Å². The van der Waals surface area contributed by atoms with E-state index in [2.05, 4.69) is 5.32 Å². The lowest BCUT2D eigenvalue weighted by atomic mass is 10.2. The molecule has 0 rings (SSSR count). The molecule has 0 saturated carbocycles. The molecular weight excluding hydrogens is 202 g/mol. The van der Waals surface area contributed by atoms with Crippen LogP contribution in [-0.2, 0) is 4.74 Å². The summed E-state index contributed by atoms with van der Waals surface area (Å²) in [6, 6.07) is 0. The molecule has 3 heteroatoms. The molecule has 3 nitrogen and oxygen atoms in total. The minimum Gasteiger partial charge on any atom is -0.444 e. The van der Waals surface area contributed by atoms with Gasteiger partial charge in [0.1, 0.15) is 5.60 Å². The van der Waals surface area contributed by atoms with E-state index < -0.39 is 11.7 Å². The minimum absolute atomic E-state index is 0.443. The first-order valence-electron chi connectivity index (χ1n) is 5.34. The van der Waals surface area contributed by atoms with E-state index in [0.717, 1.165) is 0 Å². The maximum atomic E-state index is 11.5. The highest BCUT2D eigenvalue weighted by molar-refractivity contribution is 5.70. The van der Waals surface area contributed by atoms with Gasteiger partial charge in [-0.25, -0.2) is 4.79 Å². The first kappa shape index (κ1) is 14.5. The molecule has 1 amide bonds. The normalized spacial score (nSPS) is 13.4. The van der Waals surface area contributed by atoms with Crippen molar-refractivity contribution < 1.29 is 9.53 Å². The molecule has 1 N–H and O–H groups in total. The monoisotopic (exact) mass is 223 g/mol. The molecule has 0 fully saturated rings. The van der Waals surface area contributed by atoms with Crippen LogP contribution < -0.4 is 5.32 Å². The predicted octanol–water partition coefficient (Wildman–Crippen LogP) is 3.55. The first-order valence-corrected chi connectivity index (χ1v) is 5.34. The van der Waals surface area contributed by atoms with Gasteiger partial charge in [-0.2, -0.15) is 0 Å². The molecule has 0 aromatic heterocycles. The van der Waals surface area contributed by atoms with Crippen molar-refractivity contribution in [2.45, 2.75) is 40.2 Å². The first-order chi connectivity index (χ1) is 7.39. The van der Waals surface area contributed by atoms with Crippen molar-refractivity contribution in [2.24, 2.45) is 0 Å². The van der Waals surface area contributed by atoms with Gasteiger partial charge < -0.3 is 4.74 Å². The second-order valence-corrected chi connectivity index (χ2v) is 4.27. The van der Waals surface area contributed by atoms with Gasteiger partial charge in [-0.05, 0) is 46.8 Å². The number of alkyl carbamates (subject to hydrolysis) is 1. The van der Waals surface area contributed by atoms with Crippen molar-refractivity contribution in [2.75, 3.05) is 0 Å². The lowest BCUT2D eigenvalue weighted by Crippen LogP contribution is -2.31. The van der Waals surface area contributed by atoms with Gasteiger partial charge in [-0.3, -0.25) is 5.32 Å². The molecule has 0 aromatic carbocycles. The Balaban J connectivity index is 4.47. The molecule has 0 aromatic rings. The fraction of sp³-hybridized carbons (Fsp3) is 0.462. The molecule has 0 heterocycles. The van der Waals surface area contributed by atoms with Gasteiger partial charge in [0.25, 0.3) is 0 Å². The molecule has 0 aliphatic heterocycles. The molecule has 0 aliphatic rings. The second kappa shape index (κ2) is 6.88. The predicted molar refractivity (Wildman–Crippen MR) is 67.1 cm³/mol. The number of rotatable bonds is 3. The van der Waals surface area contributed by atoms with Gasteiger partial charge in [-0.1, -0.05) is 18.2 Å². The summed E-state index contributed by atoms with van der Waals surface area (Å²) < 4.78 is 5.15. The van der Waals surface area contributed by atoms with Crippen molar-refractivity contribution >= 4 is 6.09 Å². The van der Waals surface area contributed by atoms with Crippen LogP contribution >= 0.6 is 0 Å². The Bertz CT molecular complexity index is 306. The number of amides is 1. The molecule has 0 aliphatic carbocycles. The summed E-state index contributed by atoms with van der Waals surface area (Å²) >= 11 is 0. The Hall–Kier alpha value is -1.51. The fourth-order valence-electron chi connectivity index (χ4n) is 0.940. The Morgan fingerprint density at radius 2 is 1.81 bits per heavy atom. The zero-order valence-electron chi connectivity index (χ0n) is 10.7. The molecule has 16 heavy (non-hydrogen) atoms. The van der Waals surface area contributed by atoms with Gasteiger partial charge in [0.05, 0.1) is 0 Å². The van der Waals surface area contributed by atoms with E-state index in [1.807, 2.05) is 65.0 Å². The van der Waals surface area contributed by atoms with E-state index in [0.29, 0.717) is 5.70 Å². The van der Waals surface area contributed by atoms with Crippen molar-refractivity contribution in [3.05, 3.63) is 36.1 Å². The van der Waals surface area contributed by atoms with Crippen LogP contribution in [0.25, 0.3) is 0 Å². The van der Waals surface area contributed by atoms with Crippen LogP contribution in [0.1, 0.15) is 34.6 Å². The number of hydrogen-bond donors (Lipinski definition) is 1. The summed E-state index contributed by atoms with van der Waals surface area (Å²) in [7, 11) is 0. The van der Waals surface area contributed by atoms with E-state index in [-0.39, 0.29) is 0 Å². The second-order valence-electron chi connectivity index (χ2n) is 4.27. The Kier molecular flexibility index (Phi) is 6.23. The maximum Gasteiger partial charge on any atom is 0.412 e. The number of ether oxygens (including phenoxy) is 1. The molecule has 0 atom stereocenters. The van der Waals surface area contributed by atoms with Gasteiger partial charge in [-0.15, -0.1) is 0 Å². The largest absolute Gasteiger partial charge is 0.444 e. The molecule has 90 valence electrons. The van der Waals surface area contributed by atoms with E-state index in [1.54, 1.807) is 0 Å². The number of allylic oxidation sites excluding steroid dienone is 5. The summed E-state index contributed by atoms with van der Waals surface area (Å²) in [6.45, 7) is 9.30. The third kappa shape index (κ3) is 7.85. The van der Waals surface area contributed by atoms with Crippen LogP contribution in [0.15, 0.2) is 36.1 Å². The molecule has 0 unspecified atom stereocenters. The fourth-order valence-corrected chi connectivity index (χ4v) is 0.940.